The largest absolute Gasteiger partial charge is 0.379 e. The van der Waals surface area contributed by atoms with Gasteiger partial charge in [0.15, 0.2) is 0 Å². The Hall–Kier alpha value is -2.10. The third kappa shape index (κ3) is 1.75. The third-order valence-electron chi connectivity index (χ3n) is 3.66. The summed E-state index contributed by atoms with van der Waals surface area (Å²) in [6, 6.07) is 8.20. The predicted octanol–water partition coefficient (Wildman–Crippen LogP) is 2.16. The first-order valence-corrected chi connectivity index (χ1v) is 6.49. The maximum absolute atomic E-state index is 12.5. The zero-order chi connectivity index (χ0) is 13.6. The average Bonchev–Trinajstić information content (AvgIpc) is 2.56. The van der Waals surface area contributed by atoms with Gasteiger partial charge in [0.2, 0.25) is 0 Å². The number of anilines is 1. The van der Waals surface area contributed by atoms with Crippen molar-refractivity contribution in [2.45, 2.75) is 19.9 Å². The van der Waals surface area contributed by atoms with Crippen molar-refractivity contribution in [2.75, 3.05) is 11.9 Å². The molecule has 1 aliphatic rings. The first-order valence-electron chi connectivity index (χ1n) is 6.49. The molecular formula is C15H17N3O. The molecule has 0 spiro atoms. The lowest BCUT2D eigenvalue weighted by Crippen LogP contribution is -2.26. The Labute approximate surface area is 111 Å². The number of fused-ring (bicyclic) bond motifs is 3. The summed E-state index contributed by atoms with van der Waals surface area (Å²) < 4.78 is 1.70. The Balaban J connectivity index is 2.49. The molecule has 0 bridgehead atoms. The summed E-state index contributed by atoms with van der Waals surface area (Å²) in [6.07, 6.45) is 0. The first kappa shape index (κ1) is 12.0. The molecule has 98 valence electrons. The number of rotatable bonds is 0. The highest BCUT2D eigenvalue weighted by Crippen LogP contribution is 2.27. The van der Waals surface area contributed by atoms with Gasteiger partial charge >= 0.3 is 0 Å². The van der Waals surface area contributed by atoms with Gasteiger partial charge in [-0.25, -0.2) is 0 Å². The van der Waals surface area contributed by atoms with E-state index < -0.39 is 0 Å². The molecule has 1 aliphatic heterocycles. The van der Waals surface area contributed by atoms with Gasteiger partial charge in [-0.15, -0.1) is 0 Å². The molecule has 4 nitrogen and oxygen atoms in total. The molecule has 1 aromatic heterocycles. The number of aromatic nitrogens is 1. The van der Waals surface area contributed by atoms with Gasteiger partial charge in [0.25, 0.3) is 5.56 Å². The van der Waals surface area contributed by atoms with E-state index in [0.29, 0.717) is 12.1 Å². The second-order valence-corrected chi connectivity index (χ2v) is 5.10. The summed E-state index contributed by atoms with van der Waals surface area (Å²) in [4.78, 5) is 17.0. The fraction of sp³-hybridized carbons (Fsp3) is 0.333. The number of hydrogen-bond acceptors (Lipinski definition) is 3. The smallest absolute Gasteiger partial charge is 0.261 e. The van der Waals surface area contributed by atoms with Crippen LogP contribution in [0, 0.1) is 0 Å². The summed E-state index contributed by atoms with van der Waals surface area (Å²) in [5, 5.41) is 4.51. The number of hydrogen-bond donors (Lipinski definition) is 1. The van der Waals surface area contributed by atoms with Crippen LogP contribution < -0.4 is 10.9 Å². The highest BCUT2D eigenvalue weighted by atomic mass is 16.1. The van der Waals surface area contributed by atoms with Crippen LogP contribution in [0.3, 0.4) is 0 Å². The number of nitrogens with one attached hydrogen (secondary N) is 1. The van der Waals surface area contributed by atoms with Gasteiger partial charge in [0, 0.05) is 24.2 Å². The lowest BCUT2D eigenvalue weighted by molar-refractivity contribution is 0.811. The highest BCUT2D eigenvalue weighted by Gasteiger charge is 2.20. The van der Waals surface area contributed by atoms with Crippen molar-refractivity contribution in [3.63, 3.8) is 0 Å². The van der Waals surface area contributed by atoms with Crippen LogP contribution in [0.15, 0.2) is 34.1 Å². The van der Waals surface area contributed by atoms with Crippen molar-refractivity contribution in [2.24, 2.45) is 12.0 Å². The average molecular weight is 255 g/mol. The van der Waals surface area contributed by atoms with E-state index >= 15 is 0 Å². The van der Waals surface area contributed by atoms with E-state index in [1.54, 1.807) is 4.57 Å². The molecule has 0 amide bonds. The van der Waals surface area contributed by atoms with Crippen molar-refractivity contribution in [1.82, 2.24) is 4.57 Å². The zero-order valence-electron chi connectivity index (χ0n) is 11.4. The third-order valence-corrected chi connectivity index (χ3v) is 3.66. The molecule has 2 aromatic rings. The maximum atomic E-state index is 12.5. The molecular weight excluding hydrogens is 238 g/mol. The summed E-state index contributed by atoms with van der Waals surface area (Å²) in [6.45, 7) is 4.69. The molecule has 0 unspecified atom stereocenters. The van der Waals surface area contributed by atoms with Crippen LogP contribution in [0.25, 0.3) is 10.9 Å². The van der Waals surface area contributed by atoms with Crippen LogP contribution in [0.1, 0.15) is 19.4 Å². The Kier molecular flexibility index (Phi) is 2.66. The van der Waals surface area contributed by atoms with Gasteiger partial charge in [0.1, 0.15) is 0 Å². The van der Waals surface area contributed by atoms with E-state index in [2.05, 4.69) is 17.2 Å². The fourth-order valence-corrected chi connectivity index (χ4v) is 2.63. The van der Waals surface area contributed by atoms with Crippen LogP contribution >= 0.6 is 0 Å². The number of aryl methyl sites for hydroxylation is 1. The number of para-hydroxylation sites is 1. The molecule has 0 saturated heterocycles. The summed E-state index contributed by atoms with van der Waals surface area (Å²) >= 11 is 0. The van der Waals surface area contributed by atoms with Gasteiger partial charge in [-0.2, -0.15) is 0 Å². The molecule has 3 rings (SSSR count). The van der Waals surface area contributed by atoms with E-state index in [4.69, 9.17) is 0 Å². The highest BCUT2D eigenvalue weighted by molar-refractivity contribution is 6.10. The van der Waals surface area contributed by atoms with Crippen LogP contribution in [0.2, 0.25) is 0 Å². The molecule has 1 atom stereocenters. The molecule has 0 aliphatic carbocycles. The fourth-order valence-electron chi connectivity index (χ4n) is 2.63. The van der Waals surface area contributed by atoms with Crippen molar-refractivity contribution >= 4 is 22.3 Å². The first-order chi connectivity index (χ1) is 9.09. The van der Waals surface area contributed by atoms with Crippen LogP contribution in [0.5, 0.6) is 0 Å². The molecule has 1 aromatic carbocycles. The minimum absolute atomic E-state index is 0.0107. The molecule has 19 heavy (non-hydrogen) atoms. The second-order valence-electron chi connectivity index (χ2n) is 5.10. The Morgan fingerprint density at radius 3 is 2.89 bits per heavy atom. The van der Waals surface area contributed by atoms with E-state index in [1.165, 1.54) is 0 Å². The minimum atomic E-state index is 0.0107. The minimum Gasteiger partial charge on any atom is -0.379 e. The molecule has 4 heteroatoms. The normalized spacial score (nSPS) is 18.5. The summed E-state index contributed by atoms with van der Waals surface area (Å²) in [7, 11) is 1.81. The lowest BCUT2D eigenvalue weighted by atomic mass is 10.1. The Morgan fingerprint density at radius 1 is 1.37 bits per heavy atom. The van der Waals surface area contributed by atoms with Gasteiger partial charge in [-0.05, 0) is 19.9 Å². The van der Waals surface area contributed by atoms with Crippen LogP contribution in [0.4, 0.5) is 5.69 Å². The molecule has 0 saturated carbocycles. The van der Waals surface area contributed by atoms with E-state index in [1.807, 2.05) is 38.2 Å². The molecule has 2 heterocycles. The van der Waals surface area contributed by atoms with Crippen molar-refractivity contribution in [3.05, 3.63) is 40.2 Å². The number of benzene rings is 1. The number of aliphatic imine (C=N–C) groups is 1. The summed E-state index contributed by atoms with van der Waals surface area (Å²) in [5.41, 5.74) is 3.39. The van der Waals surface area contributed by atoms with Crippen molar-refractivity contribution in [1.29, 1.82) is 0 Å². The van der Waals surface area contributed by atoms with Crippen LogP contribution in [-0.4, -0.2) is 22.9 Å². The van der Waals surface area contributed by atoms with Crippen molar-refractivity contribution in [3.8, 4) is 0 Å². The maximum Gasteiger partial charge on any atom is 0.261 e. The van der Waals surface area contributed by atoms with Gasteiger partial charge < -0.3 is 9.88 Å². The molecule has 0 fully saturated rings. The summed E-state index contributed by atoms with van der Waals surface area (Å²) in [5.74, 6) is 0. The number of nitrogens with zero attached hydrogens (tertiary/aromatic N) is 2. The monoisotopic (exact) mass is 255 g/mol. The number of pyridine rings is 1. The quantitative estimate of drug-likeness (QED) is 0.784. The van der Waals surface area contributed by atoms with Gasteiger partial charge in [0.05, 0.1) is 23.3 Å². The molecule has 0 radical (unpaired) electrons. The van der Waals surface area contributed by atoms with E-state index in [-0.39, 0.29) is 11.6 Å². The Bertz CT molecular complexity index is 743. The SMILES string of the molecule is CC1=NC[C@H](C)Nc2c1c(=O)n(C)c1ccccc21. The zero-order valence-corrected chi connectivity index (χ0v) is 11.4. The van der Waals surface area contributed by atoms with Crippen LogP contribution in [-0.2, 0) is 7.05 Å². The van der Waals surface area contributed by atoms with Crippen molar-refractivity contribution < 1.29 is 0 Å². The second kappa shape index (κ2) is 4.23. The molecule has 1 N–H and O–H groups in total. The standard InChI is InChI=1S/C15H17N3O/c1-9-8-16-10(2)13-14(17-9)11-6-4-5-7-12(11)18(3)15(13)19/h4-7,9,17H,8H2,1-3H3/t9-/m0/s1. The van der Waals surface area contributed by atoms with E-state index in [0.717, 1.165) is 22.3 Å². The topological polar surface area (TPSA) is 46.4 Å². The predicted molar refractivity (Wildman–Crippen MR) is 79.4 cm³/mol. The van der Waals surface area contributed by atoms with Gasteiger partial charge in [-0.3, -0.25) is 9.79 Å². The van der Waals surface area contributed by atoms with Gasteiger partial charge in [-0.1, -0.05) is 18.2 Å². The van der Waals surface area contributed by atoms with E-state index in [9.17, 15) is 4.79 Å². The lowest BCUT2D eigenvalue weighted by Gasteiger charge is -2.17. The Morgan fingerprint density at radius 2 is 2.11 bits per heavy atom.